The Bertz CT molecular complexity index is 277. The third kappa shape index (κ3) is 2.48. The first-order chi connectivity index (χ1) is 8.23. The highest BCUT2D eigenvalue weighted by Gasteiger charge is 2.57. The summed E-state index contributed by atoms with van der Waals surface area (Å²) in [4.78, 5) is 11.7. The minimum Gasteiger partial charge on any atom is -0.378 e. The molecular weight excluding hydrogens is 234 g/mol. The van der Waals surface area contributed by atoms with Gasteiger partial charge in [0.2, 0.25) is 5.91 Å². The molecule has 0 aromatic heterocycles. The predicted octanol–water partition coefficient (Wildman–Crippen LogP) is 2.20. The third-order valence-electron chi connectivity index (χ3n) is 4.30. The standard InChI is InChI=1S/C13H23NO2S/c1-3-16-11-8-10(14-12(15)9-17-2)13(11)6-4-5-7-13/h10-11H,3-9H2,1-2H3,(H,14,15)/t10-,11+/m1/s1. The van der Waals surface area contributed by atoms with Crippen molar-refractivity contribution >= 4 is 17.7 Å². The summed E-state index contributed by atoms with van der Waals surface area (Å²) in [5.74, 6) is 0.759. The Morgan fingerprint density at radius 3 is 2.76 bits per heavy atom. The molecule has 0 unspecified atom stereocenters. The Labute approximate surface area is 108 Å². The number of nitrogens with one attached hydrogen (secondary N) is 1. The van der Waals surface area contributed by atoms with Crippen molar-refractivity contribution in [3.05, 3.63) is 0 Å². The number of carbonyl (C=O) groups is 1. The van der Waals surface area contributed by atoms with Crippen LogP contribution in [0.2, 0.25) is 0 Å². The summed E-state index contributed by atoms with van der Waals surface area (Å²) < 4.78 is 5.83. The van der Waals surface area contributed by atoms with Crippen LogP contribution in [0, 0.1) is 5.41 Å². The van der Waals surface area contributed by atoms with Crippen LogP contribution in [0.15, 0.2) is 0 Å². The maximum absolute atomic E-state index is 11.7. The van der Waals surface area contributed by atoms with Gasteiger partial charge < -0.3 is 10.1 Å². The van der Waals surface area contributed by atoms with Crippen LogP contribution < -0.4 is 5.32 Å². The van der Waals surface area contributed by atoms with Gasteiger partial charge in [-0.15, -0.1) is 0 Å². The second kappa shape index (κ2) is 5.61. The van der Waals surface area contributed by atoms with E-state index in [1.807, 2.05) is 6.26 Å². The highest BCUT2D eigenvalue weighted by atomic mass is 32.2. The van der Waals surface area contributed by atoms with Gasteiger partial charge in [0.1, 0.15) is 0 Å². The molecule has 0 aromatic rings. The van der Waals surface area contributed by atoms with Crippen molar-refractivity contribution in [2.24, 2.45) is 5.41 Å². The van der Waals surface area contributed by atoms with Crippen molar-refractivity contribution in [3.63, 3.8) is 0 Å². The lowest BCUT2D eigenvalue weighted by Crippen LogP contribution is -2.63. The largest absolute Gasteiger partial charge is 0.378 e. The van der Waals surface area contributed by atoms with E-state index in [9.17, 15) is 4.79 Å². The molecule has 17 heavy (non-hydrogen) atoms. The van der Waals surface area contributed by atoms with E-state index in [0.717, 1.165) is 13.0 Å². The van der Waals surface area contributed by atoms with Gasteiger partial charge in [0, 0.05) is 18.1 Å². The van der Waals surface area contributed by atoms with Crippen LogP contribution in [0.5, 0.6) is 0 Å². The molecule has 2 fully saturated rings. The molecule has 4 heteroatoms. The summed E-state index contributed by atoms with van der Waals surface area (Å²) >= 11 is 1.59. The number of rotatable bonds is 5. The average molecular weight is 257 g/mol. The van der Waals surface area contributed by atoms with Crippen LogP contribution in [0.25, 0.3) is 0 Å². The summed E-state index contributed by atoms with van der Waals surface area (Å²) in [5.41, 5.74) is 0.268. The number of hydrogen-bond donors (Lipinski definition) is 1. The van der Waals surface area contributed by atoms with Gasteiger partial charge in [-0.1, -0.05) is 12.8 Å². The molecule has 2 saturated carbocycles. The smallest absolute Gasteiger partial charge is 0.230 e. The highest BCUT2D eigenvalue weighted by Crippen LogP contribution is 2.54. The van der Waals surface area contributed by atoms with Crippen LogP contribution in [-0.4, -0.2) is 36.7 Å². The third-order valence-corrected chi connectivity index (χ3v) is 4.85. The molecule has 1 N–H and O–H groups in total. The summed E-state index contributed by atoms with van der Waals surface area (Å²) in [6.07, 6.45) is 8.39. The van der Waals surface area contributed by atoms with Gasteiger partial charge in [-0.05, 0) is 32.4 Å². The average Bonchev–Trinajstić information content (AvgIpc) is 2.80. The lowest BCUT2D eigenvalue weighted by atomic mass is 9.60. The fourth-order valence-corrected chi connectivity index (χ4v) is 3.80. The highest BCUT2D eigenvalue weighted by molar-refractivity contribution is 7.99. The van der Waals surface area contributed by atoms with Crippen molar-refractivity contribution < 1.29 is 9.53 Å². The molecule has 0 bridgehead atoms. The SMILES string of the molecule is CCO[C@H]1C[C@@H](NC(=O)CSC)C12CCCC2. The fourth-order valence-electron chi connectivity index (χ4n) is 3.46. The van der Waals surface area contributed by atoms with Gasteiger partial charge in [0.15, 0.2) is 0 Å². The van der Waals surface area contributed by atoms with Gasteiger partial charge in [-0.3, -0.25) is 4.79 Å². The number of ether oxygens (including phenoxy) is 1. The van der Waals surface area contributed by atoms with Crippen LogP contribution >= 0.6 is 11.8 Å². The van der Waals surface area contributed by atoms with E-state index >= 15 is 0 Å². The Hall–Kier alpha value is -0.220. The summed E-state index contributed by atoms with van der Waals surface area (Å²) in [7, 11) is 0. The molecule has 0 aromatic carbocycles. The summed E-state index contributed by atoms with van der Waals surface area (Å²) in [5, 5.41) is 3.20. The fraction of sp³-hybridized carbons (Fsp3) is 0.923. The van der Waals surface area contributed by atoms with Gasteiger partial charge in [-0.25, -0.2) is 0 Å². The minimum absolute atomic E-state index is 0.184. The van der Waals surface area contributed by atoms with E-state index in [-0.39, 0.29) is 11.3 Å². The summed E-state index contributed by atoms with van der Waals surface area (Å²) in [6, 6.07) is 0.362. The van der Waals surface area contributed by atoms with E-state index in [1.54, 1.807) is 11.8 Å². The first-order valence-electron chi connectivity index (χ1n) is 6.63. The zero-order valence-electron chi connectivity index (χ0n) is 10.8. The van der Waals surface area contributed by atoms with Crippen molar-refractivity contribution in [3.8, 4) is 0 Å². The van der Waals surface area contributed by atoms with Crippen molar-refractivity contribution in [1.29, 1.82) is 0 Å². The molecule has 2 rings (SSSR count). The second-order valence-corrected chi connectivity index (χ2v) is 6.04. The number of carbonyl (C=O) groups excluding carboxylic acids is 1. The van der Waals surface area contributed by atoms with Gasteiger partial charge in [0.25, 0.3) is 0 Å². The molecular formula is C13H23NO2S. The molecule has 0 heterocycles. The van der Waals surface area contributed by atoms with Gasteiger partial charge >= 0.3 is 0 Å². The van der Waals surface area contributed by atoms with E-state index in [1.165, 1.54) is 25.7 Å². The Morgan fingerprint density at radius 1 is 1.47 bits per heavy atom. The molecule has 1 amide bonds. The molecule has 1 spiro atoms. The molecule has 3 nitrogen and oxygen atoms in total. The van der Waals surface area contributed by atoms with E-state index in [2.05, 4.69) is 12.2 Å². The molecule has 0 radical (unpaired) electrons. The molecule has 0 aliphatic heterocycles. The zero-order valence-corrected chi connectivity index (χ0v) is 11.6. The zero-order chi connectivity index (χ0) is 12.3. The monoisotopic (exact) mass is 257 g/mol. The Kier molecular flexibility index (Phi) is 4.36. The topological polar surface area (TPSA) is 38.3 Å². The molecule has 2 atom stereocenters. The maximum atomic E-state index is 11.7. The van der Waals surface area contributed by atoms with Crippen molar-refractivity contribution in [1.82, 2.24) is 5.32 Å². The first kappa shape index (κ1) is 13.2. The van der Waals surface area contributed by atoms with Crippen molar-refractivity contribution in [2.75, 3.05) is 18.6 Å². The van der Waals surface area contributed by atoms with Gasteiger partial charge in [0.05, 0.1) is 11.9 Å². The first-order valence-corrected chi connectivity index (χ1v) is 8.02. The number of hydrogen-bond acceptors (Lipinski definition) is 3. The minimum atomic E-state index is 0.184. The van der Waals surface area contributed by atoms with E-state index in [0.29, 0.717) is 17.9 Å². The Morgan fingerprint density at radius 2 is 2.18 bits per heavy atom. The summed E-state index contributed by atoms with van der Waals surface area (Å²) in [6.45, 7) is 2.85. The van der Waals surface area contributed by atoms with Crippen LogP contribution in [0.1, 0.15) is 39.0 Å². The number of thioether (sulfide) groups is 1. The number of amides is 1. The van der Waals surface area contributed by atoms with Gasteiger partial charge in [-0.2, -0.15) is 11.8 Å². The van der Waals surface area contributed by atoms with Crippen LogP contribution in [-0.2, 0) is 9.53 Å². The lowest BCUT2D eigenvalue weighted by molar-refractivity contribution is -0.142. The maximum Gasteiger partial charge on any atom is 0.230 e. The normalized spacial score (nSPS) is 30.2. The second-order valence-electron chi connectivity index (χ2n) is 5.17. The quantitative estimate of drug-likeness (QED) is 0.820. The van der Waals surface area contributed by atoms with E-state index in [4.69, 9.17) is 4.74 Å². The molecule has 2 aliphatic rings. The van der Waals surface area contributed by atoms with Crippen LogP contribution in [0.4, 0.5) is 0 Å². The van der Waals surface area contributed by atoms with Crippen molar-refractivity contribution in [2.45, 2.75) is 51.2 Å². The Balaban J connectivity index is 1.93. The molecule has 0 saturated heterocycles. The predicted molar refractivity (Wildman–Crippen MR) is 71.2 cm³/mol. The van der Waals surface area contributed by atoms with Crippen LogP contribution in [0.3, 0.4) is 0 Å². The molecule has 98 valence electrons. The lowest BCUT2D eigenvalue weighted by Gasteiger charge is -2.54. The van der Waals surface area contributed by atoms with E-state index < -0.39 is 0 Å². The molecule has 2 aliphatic carbocycles.